The van der Waals surface area contributed by atoms with Gasteiger partial charge in [0.1, 0.15) is 6.61 Å². The lowest BCUT2D eigenvalue weighted by Crippen LogP contribution is -2.10. The molecular formula is C25H22F6O3. The molecule has 182 valence electrons. The first-order valence-corrected chi connectivity index (χ1v) is 9.98. The van der Waals surface area contributed by atoms with Gasteiger partial charge in [0.15, 0.2) is 0 Å². The molecule has 3 rings (SSSR count). The van der Waals surface area contributed by atoms with Crippen molar-refractivity contribution in [1.29, 1.82) is 0 Å². The van der Waals surface area contributed by atoms with E-state index in [1.54, 1.807) is 31.2 Å². The summed E-state index contributed by atoms with van der Waals surface area (Å²) in [6.45, 7) is 2.72. The zero-order chi connectivity index (χ0) is 25.5. The van der Waals surface area contributed by atoms with Gasteiger partial charge in [-0.1, -0.05) is 42.0 Å². The molecule has 0 spiro atoms. The van der Waals surface area contributed by atoms with Gasteiger partial charge in [0, 0.05) is 0 Å². The van der Waals surface area contributed by atoms with Crippen molar-refractivity contribution in [2.45, 2.75) is 39.4 Å². The molecule has 0 amide bonds. The lowest BCUT2D eigenvalue weighted by Gasteiger charge is -2.10. The van der Waals surface area contributed by atoms with Crippen LogP contribution in [-0.4, -0.2) is 11.1 Å². The van der Waals surface area contributed by atoms with Gasteiger partial charge in [-0.2, -0.15) is 26.3 Å². The van der Waals surface area contributed by atoms with E-state index in [0.29, 0.717) is 11.1 Å². The van der Waals surface area contributed by atoms with Crippen molar-refractivity contribution in [3.05, 3.63) is 106 Å². The molecule has 0 fully saturated rings. The lowest BCUT2D eigenvalue weighted by atomic mass is 10.1. The minimum absolute atomic E-state index is 0.0228. The number of hydrogen-bond donors (Lipinski definition) is 1. The summed E-state index contributed by atoms with van der Waals surface area (Å²) in [5, 5.41) is 8.68. The molecule has 0 radical (unpaired) electrons. The van der Waals surface area contributed by atoms with E-state index < -0.39 is 29.4 Å². The van der Waals surface area contributed by atoms with E-state index in [9.17, 15) is 31.1 Å². The SMILES string of the molecule is Cc1cc(C(=O)OCc2ccccc2)cc(C(F)(F)F)c1.Cc1cc(CO)cc(C(F)(F)F)c1. The number of hydrogen-bond acceptors (Lipinski definition) is 3. The van der Waals surface area contributed by atoms with E-state index in [-0.39, 0.29) is 24.3 Å². The fraction of sp³-hybridized carbons (Fsp3) is 0.240. The van der Waals surface area contributed by atoms with E-state index in [2.05, 4.69) is 0 Å². The molecule has 0 aliphatic rings. The molecule has 1 N–H and O–H groups in total. The molecule has 0 bridgehead atoms. The van der Waals surface area contributed by atoms with Crippen molar-refractivity contribution in [2.24, 2.45) is 0 Å². The van der Waals surface area contributed by atoms with Gasteiger partial charge >= 0.3 is 18.3 Å². The quantitative estimate of drug-likeness (QED) is 0.325. The summed E-state index contributed by atoms with van der Waals surface area (Å²) < 4.78 is 79.8. The molecule has 9 heteroatoms. The summed E-state index contributed by atoms with van der Waals surface area (Å²) in [7, 11) is 0. The number of aliphatic hydroxyl groups is 1. The fourth-order valence-corrected chi connectivity index (χ4v) is 2.99. The third-order valence-electron chi connectivity index (χ3n) is 4.50. The highest BCUT2D eigenvalue weighted by Crippen LogP contribution is 2.31. The van der Waals surface area contributed by atoms with Crippen LogP contribution in [0.15, 0.2) is 66.7 Å². The maximum Gasteiger partial charge on any atom is 0.416 e. The van der Waals surface area contributed by atoms with Crippen LogP contribution in [0, 0.1) is 13.8 Å². The molecule has 0 aliphatic carbocycles. The first kappa shape index (κ1) is 26.9. The Bertz CT molecular complexity index is 1110. The first-order chi connectivity index (χ1) is 15.8. The van der Waals surface area contributed by atoms with Gasteiger partial charge in [-0.3, -0.25) is 0 Å². The summed E-state index contributed by atoms with van der Waals surface area (Å²) in [4.78, 5) is 11.9. The number of ether oxygens (including phenoxy) is 1. The molecule has 0 unspecified atom stereocenters. The van der Waals surface area contributed by atoms with E-state index in [4.69, 9.17) is 9.84 Å². The van der Waals surface area contributed by atoms with Gasteiger partial charge in [0.25, 0.3) is 0 Å². The molecule has 34 heavy (non-hydrogen) atoms. The number of carbonyl (C=O) groups excluding carboxylic acids is 1. The van der Waals surface area contributed by atoms with E-state index in [1.807, 2.05) is 6.07 Å². The molecule has 0 saturated carbocycles. The highest BCUT2D eigenvalue weighted by Gasteiger charge is 2.32. The Hall–Kier alpha value is -3.33. The zero-order valence-electron chi connectivity index (χ0n) is 18.3. The van der Waals surface area contributed by atoms with Gasteiger partial charge < -0.3 is 9.84 Å². The van der Waals surface area contributed by atoms with E-state index in [1.165, 1.54) is 19.1 Å². The van der Waals surface area contributed by atoms with E-state index >= 15 is 0 Å². The largest absolute Gasteiger partial charge is 0.457 e. The molecule has 3 nitrogen and oxygen atoms in total. The van der Waals surface area contributed by atoms with E-state index in [0.717, 1.165) is 29.8 Å². The van der Waals surface area contributed by atoms with Crippen molar-refractivity contribution < 1.29 is 41.0 Å². The standard InChI is InChI=1S/C16H13F3O2.C9H9F3O/c1-11-7-13(9-14(8-11)16(17,18)19)15(20)21-10-12-5-3-2-4-6-12;1-6-2-7(5-13)4-8(3-6)9(10,11)12/h2-9H,10H2,1H3;2-4,13H,5H2,1H3. The molecule has 0 aromatic heterocycles. The summed E-state index contributed by atoms with van der Waals surface area (Å²) in [5.74, 6) is -0.770. The van der Waals surface area contributed by atoms with Crippen LogP contribution >= 0.6 is 0 Å². The van der Waals surface area contributed by atoms with Crippen LogP contribution in [0.1, 0.15) is 43.7 Å². The minimum atomic E-state index is -4.49. The Balaban J connectivity index is 0.000000270. The van der Waals surface area contributed by atoms with Gasteiger partial charge in [-0.05, 0) is 60.9 Å². The van der Waals surface area contributed by atoms with Gasteiger partial charge in [0.05, 0.1) is 23.3 Å². The second-order valence-electron chi connectivity index (χ2n) is 7.51. The number of alkyl halides is 6. The number of benzene rings is 3. The average Bonchev–Trinajstić information content (AvgIpc) is 2.76. The Morgan fingerprint density at radius 3 is 1.82 bits per heavy atom. The number of aliphatic hydroxyl groups excluding tert-OH is 1. The number of aryl methyl sites for hydroxylation is 2. The third-order valence-corrected chi connectivity index (χ3v) is 4.50. The van der Waals surface area contributed by atoms with Crippen LogP contribution in [0.25, 0.3) is 0 Å². The molecule has 0 heterocycles. The second kappa shape index (κ2) is 11.2. The summed E-state index contributed by atoms with van der Waals surface area (Å²) in [6.07, 6.45) is -8.82. The summed E-state index contributed by atoms with van der Waals surface area (Å²) in [6, 6.07) is 15.6. The van der Waals surface area contributed by atoms with Crippen molar-refractivity contribution in [3.8, 4) is 0 Å². The average molecular weight is 484 g/mol. The number of rotatable bonds is 4. The normalized spacial score (nSPS) is 11.4. The maximum absolute atomic E-state index is 12.7. The van der Waals surface area contributed by atoms with Gasteiger partial charge in [-0.15, -0.1) is 0 Å². The maximum atomic E-state index is 12.7. The molecule has 3 aromatic carbocycles. The molecule has 0 saturated heterocycles. The smallest absolute Gasteiger partial charge is 0.416 e. The topological polar surface area (TPSA) is 46.5 Å². The molecule has 0 atom stereocenters. The third kappa shape index (κ3) is 8.22. The van der Waals surface area contributed by atoms with Crippen LogP contribution in [0.4, 0.5) is 26.3 Å². The van der Waals surface area contributed by atoms with Crippen molar-refractivity contribution in [2.75, 3.05) is 0 Å². The van der Waals surface area contributed by atoms with Crippen LogP contribution in [0.2, 0.25) is 0 Å². The van der Waals surface area contributed by atoms with Gasteiger partial charge in [-0.25, -0.2) is 4.79 Å². The van der Waals surface area contributed by atoms with Crippen molar-refractivity contribution in [3.63, 3.8) is 0 Å². The predicted molar refractivity (Wildman–Crippen MR) is 114 cm³/mol. The zero-order valence-corrected chi connectivity index (χ0v) is 18.3. The Morgan fingerprint density at radius 2 is 1.29 bits per heavy atom. The Morgan fingerprint density at radius 1 is 0.765 bits per heavy atom. The Kier molecular flexibility index (Phi) is 8.86. The Labute approximate surface area is 192 Å². The summed E-state index contributed by atoms with van der Waals surface area (Å²) in [5.41, 5.74) is 0.251. The monoisotopic (exact) mass is 484 g/mol. The van der Waals surface area contributed by atoms with Crippen LogP contribution in [0.5, 0.6) is 0 Å². The van der Waals surface area contributed by atoms with Crippen LogP contribution < -0.4 is 0 Å². The van der Waals surface area contributed by atoms with Crippen molar-refractivity contribution >= 4 is 5.97 Å². The molecule has 0 aliphatic heterocycles. The molecular weight excluding hydrogens is 462 g/mol. The van der Waals surface area contributed by atoms with Crippen LogP contribution in [0.3, 0.4) is 0 Å². The summed E-state index contributed by atoms with van der Waals surface area (Å²) >= 11 is 0. The highest BCUT2D eigenvalue weighted by atomic mass is 19.4. The number of carbonyl (C=O) groups is 1. The number of esters is 1. The first-order valence-electron chi connectivity index (χ1n) is 9.98. The predicted octanol–water partition coefficient (Wildman–Crippen LogP) is 6.88. The minimum Gasteiger partial charge on any atom is -0.457 e. The lowest BCUT2D eigenvalue weighted by molar-refractivity contribution is -0.138. The van der Waals surface area contributed by atoms with Gasteiger partial charge in [0.2, 0.25) is 0 Å². The molecule has 3 aromatic rings. The van der Waals surface area contributed by atoms with Crippen molar-refractivity contribution in [1.82, 2.24) is 0 Å². The van der Waals surface area contributed by atoms with Crippen LogP contribution in [-0.2, 0) is 30.3 Å². The second-order valence-corrected chi connectivity index (χ2v) is 7.51. The highest BCUT2D eigenvalue weighted by molar-refractivity contribution is 5.89. The number of halogens is 6. The fourth-order valence-electron chi connectivity index (χ4n) is 2.99.